The number of amides is 2. The maximum Gasteiger partial charge on any atom is 0.271 e. The smallest absolute Gasteiger partial charge is 0.267 e. The molecule has 4 aromatic heterocycles. The van der Waals surface area contributed by atoms with Gasteiger partial charge in [0.05, 0.1) is 33.3 Å². The first-order valence-corrected chi connectivity index (χ1v) is 10.2. The van der Waals surface area contributed by atoms with Crippen molar-refractivity contribution in [2.45, 2.75) is 26.8 Å². The van der Waals surface area contributed by atoms with Crippen LogP contribution in [0.15, 0.2) is 48.9 Å². The lowest BCUT2D eigenvalue weighted by molar-refractivity contribution is 0.0847. The van der Waals surface area contributed by atoms with Crippen LogP contribution in [0.2, 0.25) is 0 Å². The van der Waals surface area contributed by atoms with Crippen LogP contribution >= 0.6 is 11.3 Å². The van der Waals surface area contributed by atoms with Gasteiger partial charge in [-0.3, -0.25) is 25.4 Å². The number of aromatic nitrogens is 4. The van der Waals surface area contributed by atoms with E-state index in [1.54, 1.807) is 46.6 Å². The van der Waals surface area contributed by atoms with E-state index in [1.165, 1.54) is 6.20 Å². The highest BCUT2D eigenvalue weighted by molar-refractivity contribution is 7.15. The van der Waals surface area contributed by atoms with Gasteiger partial charge in [0.25, 0.3) is 11.8 Å². The largest absolute Gasteiger partial charge is 0.271 e. The number of carbonyl (C=O) groups is 2. The summed E-state index contributed by atoms with van der Waals surface area (Å²) in [6, 6.07) is 9.07. The van der Waals surface area contributed by atoms with Crippen LogP contribution in [0.5, 0.6) is 0 Å². The summed E-state index contributed by atoms with van der Waals surface area (Å²) in [4.78, 5) is 36.0. The van der Waals surface area contributed by atoms with Gasteiger partial charge in [-0.1, -0.05) is 0 Å². The highest BCUT2D eigenvalue weighted by Crippen LogP contribution is 2.30. The van der Waals surface area contributed by atoms with Gasteiger partial charge in [-0.15, -0.1) is 11.3 Å². The molecule has 2 N–H and O–H groups in total. The molecule has 0 spiro atoms. The highest BCUT2D eigenvalue weighted by Gasteiger charge is 2.19. The molecule has 4 rings (SSSR count). The molecule has 0 aliphatic heterocycles. The summed E-state index contributed by atoms with van der Waals surface area (Å²) in [6.07, 6.45) is 4.63. The fraction of sp³-hybridized carbons (Fsp3) is 0.190. The maximum atomic E-state index is 13.0. The Morgan fingerprint density at radius 2 is 1.90 bits per heavy atom. The van der Waals surface area contributed by atoms with E-state index in [4.69, 9.17) is 4.98 Å². The molecule has 8 nitrogen and oxygen atoms in total. The lowest BCUT2D eigenvalue weighted by Crippen LogP contribution is -2.41. The lowest BCUT2D eigenvalue weighted by Gasteiger charge is -2.11. The zero-order chi connectivity index (χ0) is 21.3. The molecule has 4 heterocycles. The average molecular weight is 420 g/mol. The molecule has 0 atom stereocenters. The number of hydrogen-bond donors (Lipinski definition) is 2. The van der Waals surface area contributed by atoms with Crippen molar-refractivity contribution in [1.82, 2.24) is 30.6 Å². The second-order valence-corrected chi connectivity index (χ2v) is 8.32. The van der Waals surface area contributed by atoms with Crippen LogP contribution in [0.1, 0.15) is 45.5 Å². The standard InChI is InChI=1S/C21H20N6O2S/c1-12(2)27-19-16(11-23-27)15(9-17(24-19)18-7-6-13(3)30-18)21(29)26-25-20(28)14-5-4-8-22-10-14/h4-12H,1-3H3,(H,25,28)(H,26,29). The summed E-state index contributed by atoms with van der Waals surface area (Å²) in [5, 5.41) is 5.02. The Morgan fingerprint density at radius 1 is 1.10 bits per heavy atom. The third-order valence-electron chi connectivity index (χ3n) is 4.51. The quantitative estimate of drug-likeness (QED) is 0.492. The number of nitrogens with one attached hydrogen (secondary N) is 2. The third-order valence-corrected chi connectivity index (χ3v) is 5.53. The van der Waals surface area contributed by atoms with Crippen LogP contribution in [0, 0.1) is 6.92 Å². The van der Waals surface area contributed by atoms with Gasteiger partial charge >= 0.3 is 0 Å². The van der Waals surface area contributed by atoms with Gasteiger partial charge in [0, 0.05) is 23.3 Å². The van der Waals surface area contributed by atoms with Crippen molar-refractivity contribution < 1.29 is 9.59 Å². The minimum Gasteiger partial charge on any atom is -0.267 e. The van der Waals surface area contributed by atoms with Gasteiger partial charge in [0.15, 0.2) is 5.65 Å². The van der Waals surface area contributed by atoms with Gasteiger partial charge in [-0.25, -0.2) is 9.67 Å². The molecule has 0 fully saturated rings. The van der Waals surface area contributed by atoms with E-state index in [-0.39, 0.29) is 6.04 Å². The topological polar surface area (TPSA) is 102 Å². The number of rotatable bonds is 4. The van der Waals surface area contributed by atoms with Crippen LogP contribution < -0.4 is 10.9 Å². The Kier molecular flexibility index (Phi) is 5.28. The fourth-order valence-corrected chi connectivity index (χ4v) is 3.86. The molecule has 0 aromatic carbocycles. The van der Waals surface area contributed by atoms with Gasteiger partial charge in [0.2, 0.25) is 0 Å². The molecular weight excluding hydrogens is 400 g/mol. The van der Waals surface area contributed by atoms with Crippen LogP contribution in [0.4, 0.5) is 0 Å². The fourth-order valence-electron chi connectivity index (χ4n) is 3.03. The molecule has 9 heteroatoms. The van der Waals surface area contributed by atoms with Crippen LogP contribution in [-0.2, 0) is 0 Å². The first-order valence-electron chi connectivity index (χ1n) is 9.40. The second kappa shape index (κ2) is 8.03. The minimum atomic E-state index is -0.450. The van der Waals surface area contributed by atoms with Gasteiger partial charge in [-0.05, 0) is 51.1 Å². The number of hydrogen-bond acceptors (Lipinski definition) is 6. The SMILES string of the molecule is Cc1ccc(-c2cc(C(=O)NNC(=O)c3cccnc3)c3cnn(C(C)C)c3n2)s1. The molecule has 0 bridgehead atoms. The van der Waals surface area contributed by atoms with E-state index in [9.17, 15) is 9.59 Å². The maximum absolute atomic E-state index is 13.0. The number of fused-ring (bicyclic) bond motifs is 1. The summed E-state index contributed by atoms with van der Waals surface area (Å²) >= 11 is 1.60. The van der Waals surface area contributed by atoms with E-state index in [0.717, 1.165) is 9.75 Å². The zero-order valence-electron chi connectivity index (χ0n) is 16.7. The van der Waals surface area contributed by atoms with Crippen molar-refractivity contribution >= 4 is 34.2 Å². The number of nitrogens with zero attached hydrogens (tertiary/aromatic N) is 4. The van der Waals surface area contributed by atoms with E-state index in [2.05, 4.69) is 20.9 Å². The summed E-state index contributed by atoms with van der Waals surface area (Å²) in [7, 11) is 0. The third kappa shape index (κ3) is 3.79. The molecule has 0 radical (unpaired) electrons. The summed E-state index contributed by atoms with van der Waals surface area (Å²) in [6.45, 7) is 6.03. The Bertz CT molecular complexity index is 1230. The highest BCUT2D eigenvalue weighted by atomic mass is 32.1. The van der Waals surface area contributed by atoms with E-state index in [0.29, 0.717) is 27.9 Å². The van der Waals surface area contributed by atoms with Crippen LogP contribution in [-0.4, -0.2) is 31.6 Å². The molecule has 0 saturated carbocycles. The molecule has 152 valence electrons. The van der Waals surface area contributed by atoms with Crippen molar-refractivity contribution in [3.63, 3.8) is 0 Å². The van der Waals surface area contributed by atoms with Crippen molar-refractivity contribution in [2.24, 2.45) is 0 Å². The number of carbonyl (C=O) groups excluding carboxylic acids is 2. The van der Waals surface area contributed by atoms with Gasteiger partial charge < -0.3 is 0 Å². The normalized spacial score (nSPS) is 11.1. The predicted molar refractivity (Wildman–Crippen MR) is 115 cm³/mol. The molecule has 0 saturated heterocycles. The number of thiophene rings is 1. The number of aryl methyl sites for hydroxylation is 1. The van der Waals surface area contributed by atoms with E-state index >= 15 is 0 Å². The lowest BCUT2D eigenvalue weighted by atomic mass is 10.1. The first-order chi connectivity index (χ1) is 14.4. The van der Waals surface area contributed by atoms with Crippen LogP contribution in [0.3, 0.4) is 0 Å². The molecule has 0 aliphatic carbocycles. The Morgan fingerprint density at radius 3 is 2.57 bits per heavy atom. The summed E-state index contributed by atoms with van der Waals surface area (Å²) < 4.78 is 1.78. The first kappa shape index (κ1) is 19.7. The summed E-state index contributed by atoms with van der Waals surface area (Å²) in [5.74, 6) is -0.897. The molecular formula is C21H20N6O2S. The molecule has 2 amide bonds. The van der Waals surface area contributed by atoms with Gasteiger partial charge in [-0.2, -0.15) is 5.10 Å². The van der Waals surface area contributed by atoms with Crippen LogP contribution in [0.25, 0.3) is 21.6 Å². The van der Waals surface area contributed by atoms with E-state index in [1.807, 2.05) is 32.9 Å². The van der Waals surface area contributed by atoms with Crippen molar-refractivity contribution in [2.75, 3.05) is 0 Å². The molecule has 30 heavy (non-hydrogen) atoms. The second-order valence-electron chi connectivity index (χ2n) is 7.04. The minimum absolute atomic E-state index is 0.0801. The predicted octanol–water partition coefficient (Wildman–Crippen LogP) is 3.52. The van der Waals surface area contributed by atoms with Crippen molar-refractivity contribution in [1.29, 1.82) is 0 Å². The van der Waals surface area contributed by atoms with Crippen molar-refractivity contribution in [3.05, 3.63) is 64.9 Å². The summed E-state index contributed by atoms with van der Waals surface area (Å²) in [5.41, 5.74) is 6.96. The Hall–Kier alpha value is -3.59. The van der Waals surface area contributed by atoms with Crippen molar-refractivity contribution in [3.8, 4) is 10.6 Å². The molecule has 0 aliphatic rings. The Labute approximate surface area is 176 Å². The Balaban J connectivity index is 1.69. The monoisotopic (exact) mass is 420 g/mol. The molecule has 0 unspecified atom stereocenters. The van der Waals surface area contributed by atoms with Gasteiger partial charge in [0.1, 0.15) is 0 Å². The number of hydrazine groups is 1. The number of pyridine rings is 2. The van der Waals surface area contributed by atoms with E-state index < -0.39 is 11.8 Å². The average Bonchev–Trinajstić information content (AvgIpc) is 3.38. The molecule has 4 aromatic rings. The zero-order valence-corrected chi connectivity index (χ0v) is 17.5.